The molecule has 0 unspecified atom stereocenters. The fourth-order valence-corrected chi connectivity index (χ4v) is 1.49. The minimum atomic E-state index is -0.280. The number of furan rings is 1. The molecule has 17 heavy (non-hydrogen) atoms. The number of benzene rings is 1. The molecule has 0 fully saturated rings. The summed E-state index contributed by atoms with van der Waals surface area (Å²) in [5.41, 5.74) is 1.51. The van der Waals surface area contributed by atoms with Crippen molar-refractivity contribution in [1.82, 2.24) is 0 Å². The maximum atomic E-state index is 11.6. The van der Waals surface area contributed by atoms with E-state index in [4.69, 9.17) is 9.15 Å². The van der Waals surface area contributed by atoms with Gasteiger partial charge in [0, 0.05) is 5.56 Å². The highest BCUT2D eigenvalue weighted by atomic mass is 16.5. The molecule has 1 heterocycles. The summed E-state index contributed by atoms with van der Waals surface area (Å²) < 4.78 is 10.3. The average Bonchev–Trinajstić information content (AvgIpc) is 2.90. The third-order valence-electron chi connectivity index (χ3n) is 2.36. The van der Waals surface area contributed by atoms with Crippen molar-refractivity contribution in [3.8, 4) is 11.3 Å². The molecule has 0 aliphatic heterocycles. The molecule has 0 radical (unpaired) electrons. The number of rotatable bonds is 4. The van der Waals surface area contributed by atoms with Gasteiger partial charge < -0.3 is 9.15 Å². The van der Waals surface area contributed by atoms with Crippen molar-refractivity contribution in [3.63, 3.8) is 0 Å². The van der Waals surface area contributed by atoms with Crippen LogP contribution in [0.3, 0.4) is 0 Å². The summed E-state index contributed by atoms with van der Waals surface area (Å²) >= 11 is 0. The molecule has 0 aliphatic carbocycles. The van der Waals surface area contributed by atoms with Gasteiger partial charge in [-0.25, -0.2) is 4.79 Å². The van der Waals surface area contributed by atoms with Crippen LogP contribution in [0.4, 0.5) is 0 Å². The second-order valence-corrected chi connectivity index (χ2v) is 3.69. The molecule has 1 aromatic carbocycles. The van der Waals surface area contributed by atoms with Gasteiger partial charge in [-0.3, -0.25) is 0 Å². The van der Waals surface area contributed by atoms with E-state index in [1.54, 1.807) is 18.4 Å². The highest BCUT2D eigenvalue weighted by Gasteiger charge is 2.07. The number of esters is 1. The number of hydrogen-bond acceptors (Lipinski definition) is 3. The Balaban J connectivity index is 2.10. The predicted molar refractivity (Wildman–Crippen MR) is 64.7 cm³/mol. The van der Waals surface area contributed by atoms with E-state index in [2.05, 4.69) is 0 Å². The first-order chi connectivity index (χ1) is 8.31. The van der Waals surface area contributed by atoms with Crippen molar-refractivity contribution in [2.75, 3.05) is 6.61 Å². The van der Waals surface area contributed by atoms with Crippen LogP contribution in [0.15, 0.2) is 47.1 Å². The van der Waals surface area contributed by atoms with Gasteiger partial charge in [0.1, 0.15) is 5.76 Å². The summed E-state index contributed by atoms with van der Waals surface area (Å²) in [6.45, 7) is 2.42. The Hall–Kier alpha value is -2.03. The molecule has 3 nitrogen and oxygen atoms in total. The van der Waals surface area contributed by atoms with Crippen LogP contribution in [0.5, 0.6) is 0 Å². The summed E-state index contributed by atoms with van der Waals surface area (Å²) in [5, 5.41) is 0. The van der Waals surface area contributed by atoms with Crippen LogP contribution >= 0.6 is 0 Å². The van der Waals surface area contributed by atoms with Crippen molar-refractivity contribution in [2.24, 2.45) is 0 Å². The molecule has 0 atom stereocenters. The molecule has 2 rings (SSSR count). The van der Waals surface area contributed by atoms with Gasteiger partial charge in [-0.05, 0) is 30.7 Å². The normalized spacial score (nSPS) is 10.2. The van der Waals surface area contributed by atoms with E-state index in [1.165, 1.54) is 0 Å². The second-order valence-electron chi connectivity index (χ2n) is 3.69. The van der Waals surface area contributed by atoms with Gasteiger partial charge >= 0.3 is 5.97 Å². The summed E-state index contributed by atoms with van der Waals surface area (Å²) in [6.07, 6.45) is 2.45. The number of hydrogen-bond donors (Lipinski definition) is 0. The van der Waals surface area contributed by atoms with E-state index in [0.29, 0.717) is 12.2 Å². The summed E-state index contributed by atoms with van der Waals surface area (Å²) in [5.74, 6) is 0.510. The van der Waals surface area contributed by atoms with Crippen LogP contribution in [0.2, 0.25) is 0 Å². The quantitative estimate of drug-likeness (QED) is 0.754. The summed E-state index contributed by atoms with van der Waals surface area (Å²) in [4.78, 5) is 11.6. The molecular formula is C14H14O3. The van der Waals surface area contributed by atoms with E-state index in [-0.39, 0.29) is 5.97 Å². The highest BCUT2D eigenvalue weighted by molar-refractivity contribution is 5.89. The van der Waals surface area contributed by atoms with Crippen LogP contribution in [-0.4, -0.2) is 12.6 Å². The lowest BCUT2D eigenvalue weighted by Gasteiger charge is -2.03. The Morgan fingerprint density at radius 1 is 1.24 bits per heavy atom. The molecule has 0 aliphatic rings. The first-order valence-corrected chi connectivity index (χ1v) is 5.62. The van der Waals surface area contributed by atoms with Gasteiger partial charge in [0.25, 0.3) is 0 Å². The Morgan fingerprint density at radius 3 is 2.59 bits per heavy atom. The first-order valence-electron chi connectivity index (χ1n) is 5.62. The minimum Gasteiger partial charge on any atom is -0.464 e. The maximum Gasteiger partial charge on any atom is 0.338 e. The number of carbonyl (C=O) groups excluding carboxylic acids is 1. The van der Waals surface area contributed by atoms with Crippen molar-refractivity contribution in [2.45, 2.75) is 13.3 Å². The molecule has 0 saturated carbocycles. The lowest BCUT2D eigenvalue weighted by atomic mass is 10.1. The van der Waals surface area contributed by atoms with Gasteiger partial charge in [0.15, 0.2) is 0 Å². The van der Waals surface area contributed by atoms with E-state index in [0.717, 1.165) is 17.7 Å². The predicted octanol–water partition coefficient (Wildman–Crippen LogP) is 3.51. The van der Waals surface area contributed by atoms with Crippen LogP contribution in [0.1, 0.15) is 23.7 Å². The Bertz CT molecular complexity index is 469. The Morgan fingerprint density at radius 2 is 2.00 bits per heavy atom. The molecule has 0 spiro atoms. The smallest absolute Gasteiger partial charge is 0.338 e. The van der Waals surface area contributed by atoms with E-state index in [1.807, 2.05) is 31.2 Å². The summed E-state index contributed by atoms with van der Waals surface area (Å²) in [7, 11) is 0. The van der Waals surface area contributed by atoms with Gasteiger partial charge in [-0.1, -0.05) is 19.1 Å². The van der Waals surface area contributed by atoms with Gasteiger partial charge in [0.05, 0.1) is 18.4 Å². The Labute approximate surface area is 100 Å². The highest BCUT2D eigenvalue weighted by Crippen LogP contribution is 2.20. The van der Waals surface area contributed by atoms with Crippen molar-refractivity contribution < 1.29 is 13.9 Å². The largest absolute Gasteiger partial charge is 0.464 e. The van der Waals surface area contributed by atoms with Crippen LogP contribution in [-0.2, 0) is 4.74 Å². The van der Waals surface area contributed by atoms with Crippen LogP contribution in [0, 0.1) is 0 Å². The van der Waals surface area contributed by atoms with Gasteiger partial charge in [-0.15, -0.1) is 0 Å². The van der Waals surface area contributed by atoms with E-state index < -0.39 is 0 Å². The Kier molecular flexibility index (Phi) is 3.60. The lowest BCUT2D eigenvalue weighted by Crippen LogP contribution is -2.05. The zero-order valence-electron chi connectivity index (χ0n) is 9.68. The van der Waals surface area contributed by atoms with Crippen LogP contribution < -0.4 is 0 Å². The number of carbonyl (C=O) groups is 1. The first kappa shape index (κ1) is 11.5. The molecule has 3 heteroatoms. The molecule has 88 valence electrons. The molecule has 1 aromatic heterocycles. The lowest BCUT2D eigenvalue weighted by molar-refractivity contribution is 0.0505. The van der Waals surface area contributed by atoms with Gasteiger partial charge in [-0.2, -0.15) is 0 Å². The average molecular weight is 230 g/mol. The van der Waals surface area contributed by atoms with Crippen molar-refractivity contribution in [3.05, 3.63) is 48.2 Å². The van der Waals surface area contributed by atoms with Crippen LogP contribution in [0.25, 0.3) is 11.3 Å². The molecule has 0 saturated heterocycles. The zero-order chi connectivity index (χ0) is 12.1. The monoisotopic (exact) mass is 230 g/mol. The number of ether oxygens (including phenoxy) is 1. The van der Waals surface area contributed by atoms with E-state index in [9.17, 15) is 4.79 Å². The third-order valence-corrected chi connectivity index (χ3v) is 2.36. The van der Waals surface area contributed by atoms with Crippen molar-refractivity contribution in [1.29, 1.82) is 0 Å². The molecular weight excluding hydrogens is 216 g/mol. The molecule has 0 amide bonds. The molecule has 0 N–H and O–H groups in total. The molecule has 0 bridgehead atoms. The van der Waals surface area contributed by atoms with Crippen molar-refractivity contribution >= 4 is 5.97 Å². The fraction of sp³-hybridized carbons (Fsp3) is 0.214. The summed E-state index contributed by atoms with van der Waals surface area (Å²) in [6, 6.07) is 10.9. The second kappa shape index (κ2) is 5.34. The maximum absolute atomic E-state index is 11.6. The standard InChI is InChI=1S/C14H14O3/c1-2-9-17-14(15)12-7-5-11(6-8-12)13-4-3-10-16-13/h3-8,10H,2,9H2,1H3. The fourth-order valence-electron chi connectivity index (χ4n) is 1.49. The molecule has 2 aromatic rings. The van der Waals surface area contributed by atoms with Gasteiger partial charge in [0.2, 0.25) is 0 Å². The topological polar surface area (TPSA) is 39.4 Å². The third kappa shape index (κ3) is 2.75. The SMILES string of the molecule is CCCOC(=O)c1ccc(-c2ccco2)cc1. The van der Waals surface area contributed by atoms with E-state index >= 15 is 0 Å². The minimum absolute atomic E-state index is 0.280. The zero-order valence-corrected chi connectivity index (χ0v) is 9.68.